The standard InChI is InChI=1S/C11H12O5/c1-5-3-6(4-12)7-8(9(5)15-2)11(14)16-10(7)13/h3,10,12-13H,4H2,1-2H3. The highest BCUT2D eigenvalue weighted by atomic mass is 16.6. The molecule has 86 valence electrons. The van der Waals surface area contributed by atoms with Crippen molar-refractivity contribution in [1.29, 1.82) is 0 Å². The smallest absolute Gasteiger partial charge is 0.345 e. The number of aryl methyl sites for hydroxylation is 1. The molecule has 1 unspecified atom stereocenters. The normalized spacial score (nSPS) is 18.2. The van der Waals surface area contributed by atoms with Crippen molar-refractivity contribution in [3.8, 4) is 5.75 Å². The number of hydrogen-bond donors (Lipinski definition) is 2. The Labute approximate surface area is 92.2 Å². The van der Waals surface area contributed by atoms with Crippen LogP contribution in [0.2, 0.25) is 0 Å². The van der Waals surface area contributed by atoms with Crippen molar-refractivity contribution < 1.29 is 24.5 Å². The lowest BCUT2D eigenvalue weighted by atomic mass is 9.98. The van der Waals surface area contributed by atoms with E-state index in [1.165, 1.54) is 7.11 Å². The number of fused-ring (bicyclic) bond motifs is 1. The van der Waals surface area contributed by atoms with Gasteiger partial charge in [0.2, 0.25) is 6.29 Å². The Morgan fingerprint density at radius 1 is 1.56 bits per heavy atom. The summed E-state index contributed by atoms with van der Waals surface area (Å²) >= 11 is 0. The third kappa shape index (κ3) is 1.36. The molecule has 0 saturated heterocycles. The van der Waals surface area contributed by atoms with Gasteiger partial charge in [0.25, 0.3) is 0 Å². The third-order valence-corrected chi connectivity index (χ3v) is 2.64. The van der Waals surface area contributed by atoms with E-state index < -0.39 is 12.3 Å². The van der Waals surface area contributed by atoms with Gasteiger partial charge in [0.15, 0.2) is 0 Å². The Morgan fingerprint density at radius 2 is 2.25 bits per heavy atom. The molecule has 16 heavy (non-hydrogen) atoms. The van der Waals surface area contributed by atoms with Crippen LogP contribution in [0.3, 0.4) is 0 Å². The molecule has 2 rings (SSSR count). The molecule has 1 aliphatic heterocycles. The largest absolute Gasteiger partial charge is 0.496 e. The summed E-state index contributed by atoms with van der Waals surface area (Å²) in [5.41, 5.74) is 1.71. The van der Waals surface area contributed by atoms with Crippen LogP contribution in [0.1, 0.15) is 33.3 Å². The molecular formula is C11H12O5. The molecule has 0 fully saturated rings. The molecule has 1 heterocycles. The Morgan fingerprint density at radius 3 is 2.81 bits per heavy atom. The summed E-state index contributed by atoms with van der Waals surface area (Å²) in [7, 11) is 1.44. The number of methoxy groups -OCH3 is 1. The van der Waals surface area contributed by atoms with E-state index in [0.29, 0.717) is 16.9 Å². The first-order chi connectivity index (χ1) is 7.60. The molecular weight excluding hydrogens is 212 g/mol. The molecule has 1 aromatic rings. The Balaban J connectivity index is 2.75. The van der Waals surface area contributed by atoms with Crippen LogP contribution in [0, 0.1) is 6.92 Å². The fraction of sp³-hybridized carbons (Fsp3) is 0.364. The zero-order valence-corrected chi connectivity index (χ0v) is 8.98. The molecule has 5 heteroatoms. The first-order valence-electron chi connectivity index (χ1n) is 4.80. The maximum absolute atomic E-state index is 11.5. The average molecular weight is 224 g/mol. The molecule has 2 N–H and O–H groups in total. The quantitative estimate of drug-likeness (QED) is 0.721. The van der Waals surface area contributed by atoms with Crippen molar-refractivity contribution in [2.45, 2.75) is 19.8 Å². The van der Waals surface area contributed by atoms with E-state index in [-0.39, 0.29) is 12.2 Å². The van der Waals surface area contributed by atoms with Gasteiger partial charge >= 0.3 is 5.97 Å². The van der Waals surface area contributed by atoms with E-state index in [9.17, 15) is 15.0 Å². The maximum atomic E-state index is 11.5. The summed E-state index contributed by atoms with van der Waals surface area (Å²) in [6.45, 7) is 1.50. The summed E-state index contributed by atoms with van der Waals surface area (Å²) in [5.74, 6) is -0.244. The van der Waals surface area contributed by atoms with Gasteiger partial charge < -0.3 is 19.7 Å². The van der Waals surface area contributed by atoms with E-state index in [2.05, 4.69) is 0 Å². The van der Waals surface area contributed by atoms with Crippen molar-refractivity contribution >= 4 is 5.97 Å². The Kier molecular flexibility index (Phi) is 2.57. The van der Waals surface area contributed by atoms with Crippen molar-refractivity contribution in [2.75, 3.05) is 7.11 Å². The molecule has 5 nitrogen and oxygen atoms in total. The highest BCUT2D eigenvalue weighted by molar-refractivity contribution is 5.97. The fourth-order valence-corrected chi connectivity index (χ4v) is 1.98. The molecule has 0 amide bonds. The summed E-state index contributed by atoms with van der Waals surface area (Å²) < 4.78 is 9.81. The van der Waals surface area contributed by atoms with Crippen LogP contribution < -0.4 is 4.74 Å². The van der Waals surface area contributed by atoms with Gasteiger partial charge in [-0.25, -0.2) is 4.79 Å². The minimum absolute atomic E-state index is 0.207. The van der Waals surface area contributed by atoms with E-state index in [1.807, 2.05) is 0 Å². The SMILES string of the molecule is COc1c(C)cc(CO)c2c1C(=O)OC2O. The van der Waals surface area contributed by atoms with E-state index in [4.69, 9.17) is 9.47 Å². The summed E-state index contributed by atoms with van der Waals surface area (Å²) in [6.07, 6.45) is -1.32. The lowest BCUT2D eigenvalue weighted by molar-refractivity contribution is -0.0555. The zero-order valence-electron chi connectivity index (χ0n) is 8.98. The van der Waals surface area contributed by atoms with Gasteiger partial charge in [0.1, 0.15) is 11.3 Å². The number of benzene rings is 1. The topological polar surface area (TPSA) is 76.0 Å². The van der Waals surface area contributed by atoms with Gasteiger partial charge in [-0.05, 0) is 24.1 Å². The number of cyclic esters (lactones) is 1. The second-order valence-electron chi connectivity index (χ2n) is 3.59. The number of aliphatic hydroxyl groups excluding tert-OH is 2. The number of carbonyl (C=O) groups is 1. The van der Waals surface area contributed by atoms with Gasteiger partial charge in [-0.3, -0.25) is 0 Å². The Bertz CT molecular complexity index is 452. The minimum Gasteiger partial charge on any atom is -0.496 e. The molecule has 0 spiro atoms. The molecule has 0 bridgehead atoms. The van der Waals surface area contributed by atoms with Gasteiger partial charge in [-0.1, -0.05) is 0 Å². The van der Waals surface area contributed by atoms with Crippen LogP contribution in [-0.4, -0.2) is 23.3 Å². The monoisotopic (exact) mass is 224 g/mol. The number of rotatable bonds is 2. The number of esters is 1. The summed E-state index contributed by atoms with van der Waals surface area (Å²) in [5, 5.41) is 18.7. The van der Waals surface area contributed by atoms with E-state index >= 15 is 0 Å². The third-order valence-electron chi connectivity index (χ3n) is 2.64. The lowest BCUT2D eigenvalue weighted by Gasteiger charge is -2.12. The predicted molar refractivity (Wildman–Crippen MR) is 54.0 cm³/mol. The van der Waals surface area contributed by atoms with Crippen LogP contribution >= 0.6 is 0 Å². The maximum Gasteiger partial charge on any atom is 0.345 e. The minimum atomic E-state index is -1.32. The van der Waals surface area contributed by atoms with Crippen molar-refractivity contribution in [3.05, 3.63) is 28.3 Å². The van der Waals surface area contributed by atoms with Crippen LogP contribution in [-0.2, 0) is 11.3 Å². The number of aliphatic hydroxyl groups is 2. The fourth-order valence-electron chi connectivity index (χ4n) is 1.98. The molecule has 1 atom stereocenters. The summed E-state index contributed by atoms with van der Waals surface area (Å²) in [4.78, 5) is 11.5. The van der Waals surface area contributed by atoms with E-state index in [1.54, 1.807) is 13.0 Å². The highest BCUT2D eigenvalue weighted by Crippen LogP contribution is 2.39. The van der Waals surface area contributed by atoms with Gasteiger partial charge in [0, 0.05) is 5.56 Å². The predicted octanol–water partition coefficient (Wildman–Crippen LogP) is 0.657. The van der Waals surface area contributed by atoms with Gasteiger partial charge in [0.05, 0.1) is 13.7 Å². The molecule has 1 aliphatic rings. The second-order valence-corrected chi connectivity index (χ2v) is 3.59. The summed E-state index contributed by atoms with van der Waals surface area (Å²) in [6, 6.07) is 1.67. The molecule has 0 saturated carbocycles. The lowest BCUT2D eigenvalue weighted by Crippen LogP contribution is -2.03. The Hall–Kier alpha value is -1.59. The second kappa shape index (κ2) is 3.77. The highest BCUT2D eigenvalue weighted by Gasteiger charge is 2.36. The molecule has 1 aromatic carbocycles. The number of ether oxygens (including phenoxy) is 2. The number of hydrogen-bond acceptors (Lipinski definition) is 5. The molecule has 0 aliphatic carbocycles. The van der Waals surface area contributed by atoms with Crippen LogP contribution in [0.4, 0.5) is 0 Å². The molecule has 0 aromatic heterocycles. The first-order valence-corrected chi connectivity index (χ1v) is 4.80. The van der Waals surface area contributed by atoms with Crippen molar-refractivity contribution in [2.24, 2.45) is 0 Å². The van der Waals surface area contributed by atoms with Crippen molar-refractivity contribution in [3.63, 3.8) is 0 Å². The van der Waals surface area contributed by atoms with E-state index in [0.717, 1.165) is 5.56 Å². The van der Waals surface area contributed by atoms with Crippen LogP contribution in [0.5, 0.6) is 5.75 Å². The van der Waals surface area contributed by atoms with Crippen LogP contribution in [0.25, 0.3) is 0 Å². The van der Waals surface area contributed by atoms with Crippen molar-refractivity contribution in [1.82, 2.24) is 0 Å². The molecule has 0 radical (unpaired) electrons. The first kappa shape index (κ1) is 10.9. The van der Waals surface area contributed by atoms with Gasteiger partial charge in [-0.2, -0.15) is 0 Å². The van der Waals surface area contributed by atoms with Gasteiger partial charge in [-0.15, -0.1) is 0 Å². The van der Waals surface area contributed by atoms with Crippen LogP contribution in [0.15, 0.2) is 6.07 Å². The zero-order chi connectivity index (χ0) is 11.9. The number of carbonyl (C=O) groups excluding carboxylic acids is 1. The average Bonchev–Trinajstić information content (AvgIpc) is 2.54.